The lowest BCUT2D eigenvalue weighted by Crippen LogP contribution is -2.59. The number of carbonyl (C=O) groups is 1. The normalized spacial score (nSPS) is 38.9. The molecule has 4 N–H and O–H groups in total. The molecule has 0 bridgehead atoms. The average Bonchev–Trinajstić information content (AvgIpc) is 3.22. The van der Waals surface area contributed by atoms with Crippen LogP contribution in [-0.2, 0) is 4.74 Å². The van der Waals surface area contributed by atoms with Crippen LogP contribution in [0.25, 0.3) is 0 Å². The van der Waals surface area contributed by atoms with Crippen LogP contribution in [0, 0.1) is 51.8 Å². The molecule has 1 aromatic rings. The van der Waals surface area contributed by atoms with E-state index in [0.29, 0.717) is 33.7 Å². The number of ether oxygens (including phenoxy) is 1. The molecular formula is C36H56N2O2. The predicted octanol–water partition coefficient (Wildman–Crippen LogP) is 9.05. The molecule has 0 aromatic heterocycles. The van der Waals surface area contributed by atoms with Crippen molar-refractivity contribution < 1.29 is 9.53 Å². The summed E-state index contributed by atoms with van der Waals surface area (Å²) in [6, 6.07) is 5.04. The van der Waals surface area contributed by atoms with E-state index in [0.717, 1.165) is 42.4 Å². The van der Waals surface area contributed by atoms with E-state index in [4.69, 9.17) is 16.2 Å². The lowest BCUT2D eigenvalue weighted by atomic mass is 9.41. The molecule has 9 atom stereocenters. The second kappa shape index (κ2) is 10.7. The molecule has 4 fully saturated rings. The molecule has 222 valence electrons. The van der Waals surface area contributed by atoms with Gasteiger partial charge in [-0.1, -0.05) is 46.3 Å². The molecule has 0 heterocycles. The Balaban J connectivity index is 1.30. The van der Waals surface area contributed by atoms with Crippen molar-refractivity contribution in [2.75, 3.05) is 11.5 Å². The van der Waals surface area contributed by atoms with Crippen molar-refractivity contribution in [1.82, 2.24) is 0 Å². The van der Waals surface area contributed by atoms with E-state index in [-0.39, 0.29) is 17.5 Å². The minimum Gasteiger partial charge on any atom is -0.458 e. The van der Waals surface area contributed by atoms with E-state index in [1.54, 1.807) is 18.2 Å². The van der Waals surface area contributed by atoms with Gasteiger partial charge in [0.15, 0.2) is 0 Å². The standard InChI is InChI=1S/C36H56N2O2/c1-22(2)9-8-10-23(3)28-12-13-29-27-11-14-31-34(4,5)32(40-33(39)24-19-25(37)21-26(38)20-24)16-18-36(31,7)30(27)15-17-35(28,29)6/h9,19-21,23,27-32H,8,10-18,37-38H2,1-7H3/t23?,27?,28?,29?,30?,31?,32?,35?,36-/m0/s1. The first-order valence-electron chi connectivity index (χ1n) is 16.3. The van der Waals surface area contributed by atoms with Crippen LogP contribution < -0.4 is 11.5 Å². The number of fused-ring (bicyclic) bond motifs is 5. The third kappa shape index (κ3) is 5.00. The van der Waals surface area contributed by atoms with Crippen molar-refractivity contribution in [2.24, 2.45) is 51.8 Å². The minimum absolute atomic E-state index is 0.0576. The second-order valence-corrected chi connectivity index (χ2v) is 15.7. The average molecular weight is 549 g/mol. The van der Waals surface area contributed by atoms with Gasteiger partial charge >= 0.3 is 5.97 Å². The number of hydrogen-bond acceptors (Lipinski definition) is 4. The van der Waals surface area contributed by atoms with Gasteiger partial charge in [-0.05, 0) is 143 Å². The molecule has 4 saturated carbocycles. The summed E-state index contributed by atoms with van der Waals surface area (Å²) in [7, 11) is 0. The van der Waals surface area contributed by atoms with Crippen LogP contribution in [0.3, 0.4) is 0 Å². The smallest absolute Gasteiger partial charge is 0.338 e. The molecule has 0 spiro atoms. The van der Waals surface area contributed by atoms with Gasteiger partial charge in [-0.3, -0.25) is 0 Å². The first kappa shape index (κ1) is 29.5. The highest BCUT2D eigenvalue weighted by Gasteiger charge is 2.63. The van der Waals surface area contributed by atoms with Crippen molar-refractivity contribution in [3.05, 3.63) is 35.4 Å². The van der Waals surface area contributed by atoms with Gasteiger partial charge < -0.3 is 16.2 Å². The topological polar surface area (TPSA) is 78.3 Å². The van der Waals surface area contributed by atoms with Crippen LogP contribution in [0.5, 0.6) is 0 Å². The third-order valence-electron chi connectivity index (χ3n) is 12.9. The summed E-state index contributed by atoms with van der Waals surface area (Å²) in [5, 5.41) is 0. The van der Waals surface area contributed by atoms with Crippen LogP contribution in [0.4, 0.5) is 11.4 Å². The molecule has 5 rings (SSSR count). The van der Waals surface area contributed by atoms with E-state index in [9.17, 15) is 4.79 Å². The Morgan fingerprint density at radius 1 is 0.925 bits per heavy atom. The van der Waals surface area contributed by atoms with Gasteiger partial charge in [0.05, 0.1) is 5.56 Å². The van der Waals surface area contributed by atoms with Gasteiger partial charge in [-0.25, -0.2) is 4.79 Å². The largest absolute Gasteiger partial charge is 0.458 e. The molecule has 4 aliphatic carbocycles. The Kier molecular flexibility index (Phi) is 7.90. The summed E-state index contributed by atoms with van der Waals surface area (Å²) in [6.07, 6.45) is 15.3. The molecule has 0 saturated heterocycles. The number of nitrogen functional groups attached to an aromatic ring is 2. The van der Waals surface area contributed by atoms with Crippen molar-refractivity contribution in [2.45, 2.75) is 119 Å². The summed E-state index contributed by atoms with van der Waals surface area (Å²) >= 11 is 0. The van der Waals surface area contributed by atoms with Gasteiger partial charge in [0, 0.05) is 16.8 Å². The lowest BCUT2D eigenvalue weighted by Gasteiger charge is -2.65. The maximum atomic E-state index is 13.2. The number of nitrogens with two attached hydrogens (primary N) is 2. The maximum absolute atomic E-state index is 13.2. The molecule has 4 heteroatoms. The number of benzene rings is 1. The zero-order chi connectivity index (χ0) is 29.0. The SMILES string of the molecule is CC(C)=CCCC(C)C1CCC2C3CCC4C(C)(C)C(OC(=O)c5cc(N)cc(N)c5)CC[C@@]4(C)C3CCC12C. The summed E-state index contributed by atoms with van der Waals surface area (Å²) in [5.41, 5.74) is 15.6. The Hall–Kier alpha value is -1.97. The maximum Gasteiger partial charge on any atom is 0.338 e. The molecule has 4 nitrogen and oxygen atoms in total. The Bertz CT molecular complexity index is 1120. The van der Waals surface area contributed by atoms with Crippen molar-refractivity contribution in [1.29, 1.82) is 0 Å². The molecule has 1 aromatic carbocycles. The molecule has 0 aliphatic heterocycles. The number of esters is 1. The highest BCUT2D eigenvalue weighted by atomic mass is 16.5. The summed E-state index contributed by atoms with van der Waals surface area (Å²) in [5.74, 6) is 4.51. The number of carbonyl (C=O) groups excluding carboxylic acids is 1. The van der Waals surface area contributed by atoms with Crippen molar-refractivity contribution in [3.8, 4) is 0 Å². The number of anilines is 2. The fourth-order valence-electron chi connectivity index (χ4n) is 11.1. The second-order valence-electron chi connectivity index (χ2n) is 15.7. The molecule has 40 heavy (non-hydrogen) atoms. The highest BCUT2D eigenvalue weighted by Crippen LogP contribution is 2.70. The molecular weight excluding hydrogens is 492 g/mol. The number of rotatable bonds is 6. The van der Waals surface area contributed by atoms with Crippen LogP contribution in [0.2, 0.25) is 0 Å². The van der Waals surface area contributed by atoms with Crippen molar-refractivity contribution >= 4 is 17.3 Å². The highest BCUT2D eigenvalue weighted by molar-refractivity contribution is 5.91. The van der Waals surface area contributed by atoms with Gasteiger partial charge in [-0.2, -0.15) is 0 Å². The Morgan fingerprint density at radius 2 is 1.57 bits per heavy atom. The third-order valence-corrected chi connectivity index (χ3v) is 12.9. The van der Waals surface area contributed by atoms with Crippen LogP contribution in [0.15, 0.2) is 29.8 Å². The summed E-state index contributed by atoms with van der Waals surface area (Å²) in [6.45, 7) is 17.0. The monoisotopic (exact) mass is 548 g/mol. The quantitative estimate of drug-likeness (QED) is 0.211. The van der Waals surface area contributed by atoms with Gasteiger partial charge in [0.1, 0.15) is 6.10 Å². The van der Waals surface area contributed by atoms with Crippen LogP contribution >= 0.6 is 0 Å². The van der Waals surface area contributed by atoms with Gasteiger partial charge in [0.2, 0.25) is 0 Å². The first-order valence-corrected chi connectivity index (χ1v) is 16.3. The zero-order valence-corrected chi connectivity index (χ0v) is 26.4. The lowest BCUT2D eigenvalue weighted by molar-refractivity contribution is -0.180. The van der Waals surface area contributed by atoms with E-state index >= 15 is 0 Å². The van der Waals surface area contributed by atoms with E-state index in [1.165, 1.54) is 56.9 Å². The summed E-state index contributed by atoms with van der Waals surface area (Å²) in [4.78, 5) is 13.2. The molecule has 0 amide bonds. The Labute approximate surface area is 244 Å². The van der Waals surface area contributed by atoms with Crippen LogP contribution in [0.1, 0.15) is 123 Å². The summed E-state index contributed by atoms with van der Waals surface area (Å²) < 4.78 is 6.25. The molecule has 4 aliphatic rings. The minimum atomic E-state index is -0.293. The van der Waals surface area contributed by atoms with Crippen LogP contribution in [-0.4, -0.2) is 12.1 Å². The van der Waals surface area contributed by atoms with E-state index in [2.05, 4.69) is 54.5 Å². The molecule has 8 unspecified atom stereocenters. The fourth-order valence-corrected chi connectivity index (χ4v) is 11.1. The first-order chi connectivity index (χ1) is 18.8. The number of hydrogen-bond donors (Lipinski definition) is 2. The zero-order valence-electron chi connectivity index (χ0n) is 26.4. The van der Waals surface area contributed by atoms with Gasteiger partial charge in [-0.15, -0.1) is 0 Å². The van der Waals surface area contributed by atoms with Gasteiger partial charge in [0.25, 0.3) is 0 Å². The fraction of sp³-hybridized carbons (Fsp3) is 0.750. The Morgan fingerprint density at radius 3 is 2.25 bits per heavy atom. The van der Waals surface area contributed by atoms with E-state index in [1.807, 2.05) is 0 Å². The predicted molar refractivity (Wildman–Crippen MR) is 167 cm³/mol. The van der Waals surface area contributed by atoms with Crippen molar-refractivity contribution in [3.63, 3.8) is 0 Å². The number of allylic oxidation sites excluding steroid dienone is 2. The molecule has 0 radical (unpaired) electrons. The van der Waals surface area contributed by atoms with E-state index < -0.39 is 0 Å².